The topological polar surface area (TPSA) is 47.3 Å². The molecule has 0 aromatic carbocycles. The second kappa shape index (κ2) is 4.30. The number of rotatable bonds is 4. The van der Waals surface area contributed by atoms with Crippen molar-refractivity contribution in [2.45, 2.75) is 38.5 Å². The number of fused-ring (bicyclic) bond motifs is 1. The lowest BCUT2D eigenvalue weighted by Crippen LogP contribution is -2.77. The molecule has 100 valence electrons. The second-order valence-corrected chi connectivity index (χ2v) is 6.96. The minimum atomic E-state index is -0.121. The van der Waals surface area contributed by atoms with Crippen LogP contribution in [0.25, 0.3) is 0 Å². The molecule has 3 rings (SSSR count). The molecule has 2 fully saturated rings. The lowest BCUT2D eigenvalue weighted by Gasteiger charge is -2.62. The monoisotopic (exact) mass is 266 g/mol. The Hall–Kier alpha value is -0.420. The van der Waals surface area contributed by atoms with Crippen LogP contribution in [-0.4, -0.2) is 24.8 Å². The van der Waals surface area contributed by atoms with Crippen molar-refractivity contribution >= 4 is 11.3 Å². The van der Waals surface area contributed by atoms with Crippen molar-refractivity contribution in [3.8, 4) is 0 Å². The fourth-order valence-corrected chi connectivity index (χ4v) is 4.31. The molecule has 0 bridgehead atoms. The first kappa shape index (κ1) is 12.6. The molecule has 0 spiro atoms. The molecule has 3 N–H and O–H groups in total. The zero-order chi connectivity index (χ0) is 12.8. The zero-order valence-corrected chi connectivity index (χ0v) is 11.9. The van der Waals surface area contributed by atoms with E-state index in [1.54, 1.807) is 11.3 Å². The predicted molar refractivity (Wildman–Crippen MR) is 74.6 cm³/mol. The fraction of sp³-hybridized carbons (Fsp3) is 0.714. The van der Waals surface area contributed by atoms with E-state index in [0.717, 1.165) is 26.1 Å². The molecule has 2 aliphatic rings. The van der Waals surface area contributed by atoms with Crippen LogP contribution in [0.15, 0.2) is 16.8 Å². The Labute approximate surface area is 113 Å². The van der Waals surface area contributed by atoms with E-state index in [4.69, 9.17) is 10.5 Å². The maximum Gasteiger partial charge on any atom is 0.0691 e. The highest BCUT2D eigenvalue weighted by atomic mass is 32.1. The van der Waals surface area contributed by atoms with Gasteiger partial charge in [-0.05, 0) is 28.8 Å². The van der Waals surface area contributed by atoms with E-state index < -0.39 is 0 Å². The Balaban J connectivity index is 1.61. The normalized spacial score (nSPS) is 37.3. The molecule has 1 aromatic rings. The quantitative estimate of drug-likeness (QED) is 0.876. The Bertz CT molecular complexity index is 417. The molecule has 1 saturated heterocycles. The van der Waals surface area contributed by atoms with Crippen LogP contribution in [0.5, 0.6) is 0 Å². The average molecular weight is 266 g/mol. The van der Waals surface area contributed by atoms with Crippen LogP contribution in [-0.2, 0) is 11.3 Å². The van der Waals surface area contributed by atoms with Crippen LogP contribution >= 0.6 is 11.3 Å². The summed E-state index contributed by atoms with van der Waals surface area (Å²) in [5.41, 5.74) is 7.97. The van der Waals surface area contributed by atoms with E-state index in [9.17, 15) is 0 Å². The molecule has 2 heterocycles. The molecule has 0 radical (unpaired) electrons. The van der Waals surface area contributed by atoms with Gasteiger partial charge in [-0.2, -0.15) is 11.3 Å². The van der Waals surface area contributed by atoms with Gasteiger partial charge in [0.1, 0.15) is 0 Å². The first-order valence-electron chi connectivity index (χ1n) is 6.68. The first-order valence-corrected chi connectivity index (χ1v) is 7.62. The van der Waals surface area contributed by atoms with Gasteiger partial charge >= 0.3 is 0 Å². The van der Waals surface area contributed by atoms with E-state index in [-0.39, 0.29) is 11.0 Å². The number of hydrogen-bond acceptors (Lipinski definition) is 4. The SMILES string of the molecule is CC1(C)C2OCCC2C1(N)CNCc1ccsc1. The van der Waals surface area contributed by atoms with Crippen LogP contribution in [0.4, 0.5) is 0 Å². The Morgan fingerprint density at radius 1 is 1.56 bits per heavy atom. The van der Waals surface area contributed by atoms with E-state index in [0.29, 0.717) is 12.0 Å². The van der Waals surface area contributed by atoms with Crippen LogP contribution in [0.2, 0.25) is 0 Å². The smallest absolute Gasteiger partial charge is 0.0691 e. The number of thiophene rings is 1. The van der Waals surface area contributed by atoms with Gasteiger partial charge in [-0.1, -0.05) is 13.8 Å². The van der Waals surface area contributed by atoms with Gasteiger partial charge < -0.3 is 15.8 Å². The maximum absolute atomic E-state index is 6.67. The third kappa shape index (κ3) is 1.67. The number of nitrogens with two attached hydrogens (primary N) is 1. The molecule has 1 aromatic heterocycles. The highest BCUT2D eigenvalue weighted by molar-refractivity contribution is 7.07. The number of ether oxygens (including phenoxy) is 1. The molecule has 1 saturated carbocycles. The Morgan fingerprint density at radius 3 is 3.11 bits per heavy atom. The summed E-state index contributed by atoms with van der Waals surface area (Å²) in [7, 11) is 0. The van der Waals surface area contributed by atoms with Crippen LogP contribution < -0.4 is 11.1 Å². The average Bonchev–Trinajstić information content (AvgIpc) is 2.99. The molecule has 4 heteroatoms. The van der Waals surface area contributed by atoms with Crippen molar-refractivity contribution in [2.24, 2.45) is 17.1 Å². The standard InChI is InChI=1S/C14H22N2OS/c1-13(2)12-11(3-5-17-12)14(13,15)9-16-7-10-4-6-18-8-10/h4,6,8,11-12,16H,3,5,7,9,15H2,1-2H3. The minimum Gasteiger partial charge on any atom is -0.377 e. The Morgan fingerprint density at radius 2 is 2.39 bits per heavy atom. The van der Waals surface area contributed by atoms with Crippen molar-refractivity contribution in [3.05, 3.63) is 22.4 Å². The number of hydrogen-bond donors (Lipinski definition) is 2. The van der Waals surface area contributed by atoms with E-state index >= 15 is 0 Å². The summed E-state index contributed by atoms with van der Waals surface area (Å²) in [4.78, 5) is 0. The van der Waals surface area contributed by atoms with Gasteiger partial charge in [-0.25, -0.2) is 0 Å². The van der Waals surface area contributed by atoms with Crippen LogP contribution in [0.3, 0.4) is 0 Å². The van der Waals surface area contributed by atoms with Crippen molar-refractivity contribution in [1.82, 2.24) is 5.32 Å². The third-order valence-electron chi connectivity index (χ3n) is 4.99. The highest BCUT2D eigenvalue weighted by Gasteiger charge is 2.67. The van der Waals surface area contributed by atoms with Gasteiger partial charge in [0, 0.05) is 36.6 Å². The van der Waals surface area contributed by atoms with E-state index in [2.05, 4.69) is 36.0 Å². The summed E-state index contributed by atoms with van der Waals surface area (Å²) < 4.78 is 5.81. The summed E-state index contributed by atoms with van der Waals surface area (Å²) in [5, 5.41) is 7.82. The summed E-state index contributed by atoms with van der Waals surface area (Å²) in [6, 6.07) is 2.16. The first-order chi connectivity index (χ1) is 8.56. The van der Waals surface area contributed by atoms with Crippen molar-refractivity contribution < 1.29 is 4.74 Å². The Kier molecular flexibility index (Phi) is 3.01. The van der Waals surface area contributed by atoms with E-state index in [1.165, 1.54) is 5.56 Å². The molecule has 18 heavy (non-hydrogen) atoms. The maximum atomic E-state index is 6.67. The lowest BCUT2D eigenvalue weighted by atomic mass is 9.48. The summed E-state index contributed by atoms with van der Waals surface area (Å²) in [6.45, 7) is 7.15. The van der Waals surface area contributed by atoms with Crippen molar-refractivity contribution in [2.75, 3.05) is 13.2 Å². The summed E-state index contributed by atoms with van der Waals surface area (Å²) >= 11 is 1.74. The van der Waals surface area contributed by atoms with E-state index in [1.807, 2.05) is 0 Å². The van der Waals surface area contributed by atoms with Gasteiger partial charge in [0.25, 0.3) is 0 Å². The fourth-order valence-electron chi connectivity index (χ4n) is 3.64. The molecule has 0 amide bonds. The van der Waals surface area contributed by atoms with Gasteiger partial charge in [0.2, 0.25) is 0 Å². The molecule has 3 nitrogen and oxygen atoms in total. The van der Waals surface area contributed by atoms with Crippen molar-refractivity contribution in [1.29, 1.82) is 0 Å². The molecular weight excluding hydrogens is 244 g/mol. The predicted octanol–water partition coefficient (Wildman–Crippen LogP) is 1.98. The minimum absolute atomic E-state index is 0.0792. The zero-order valence-electron chi connectivity index (χ0n) is 11.1. The van der Waals surface area contributed by atoms with Gasteiger partial charge in [-0.3, -0.25) is 0 Å². The lowest BCUT2D eigenvalue weighted by molar-refractivity contribution is -0.153. The largest absolute Gasteiger partial charge is 0.377 e. The summed E-state index contributed by atoms with van der Waals surface area (Å²) in [6.07, 6.45) is 1.48. The molecule has 3 atom stereocenters. The molecule has 1 aliphatic heterocycles. The van der Waals surface area contributed by atoms with Gasteiger partial charge in [0.05, 0.1) is 6.10 Å². The highest BCUT2D eigenvalue weighted by Crippen LogP contribution is 2.57. The number of nitrogens with one attached hydrogen (secondary N) is 1. The second-order valence-electron chi connectivity index (χ2n) is 6.18. The molecular formula is C14H22N2OS. The van der Waals surface area contributed by atoms with Crippen molar-refractivity contribution in [3.63, 3.8) is 0 Å². The summed E-state index contributed by atoms with van der Waals surface area (Å²) in [5.74, 6) is 0.530. The van der Waals surface area contributed by atoms with Crippen LogP contribution in [0, 0.1) is 11.3 Å². The van der Waals surface area contributed by atoms with Gasteiger partial charge in [-0.15, -0.1) is 0 Å². The van der Waals surface area contributed by atoms with Gasteiger partial charge in [0.15, 0.2) is 0 Å². The molecule has 1 aliphatic carbocycles. The molecule has 3 unspecified atom stereocenters. The van der Waals surface area contributed by atoms with Crippen LogP contribution in [0.1, 0.15) is 25.8 Å². The third-order valence-corrected chi connectivity index (χ3v) is 5.72.